The Hall–Kier alpha value is -1.72. The topological polar surface area (TPSA) is 64.8 Å². The second-order valence-corrected chi connectivity index (χ2v) is 4.47. The van der Waals surface area contributed by atoms with Gasteiger partial charge in [-0.2, -0.15) is 0 Å². The molecule has 0 fully saturated rings. The number of ether oxygens (including phenoxy) is 2. The van der Waals surface area contributed by atoms with Gasteiger partial charge < -0.3 is 20.1 Å². The summed E-state index contributed by atoms with van der Waals surface area (Å²) in [4.78, 5) is 13.9. The molecule has 6 heteroatoms. The maximum absolute atomic E-state index is 12.3. The fourth-order valence-electron chi connectivity index (χ4n) is 1.63. The SMILES string of the molecule is C=CCOc1ccc(C(=O)N(C)C(C)CN)cc1OC.Cl. The van der Waals surface area contributed by atoms with Gasteiger partial charge in [0.25, 0.3) is 5.91 Å². The molecule has 0 heterocycles. The van der Waals surface area contributed by atoms with Crippen LogP contribution in [-0.2, 0) is 0 Å². The molecule has 0 aliphatic heterocycles. The average molecular weight is 315 g/mol. The maximum atomic E-state index is 12.3. The fourth-order valence-corrected chi connectivity index (χ4v) is 1.63. The van der Waals surface area contributed by atoms with Crippen molar-refractivity contribution < 1.29 is 14.3 Å². The minimum absolute atomic E-state index is 0. The smallest absolute Gasteiger partial charge is 0.254 e. The first-order valence-electron chi connectivity index (χ1n) is 6.44. The van der Waals surface area contributed by atoms with Crippen molar-refractivity contribution in [1.29, 1.82) is 0 Å². The summed E-state index contributed by atoms with van der Waals surface area (Å²) in [6.45, 7) is 6.29. The Balaban J connectivity index is 0.00000400. The molecule has 118 valence electrons. The van der Waals surface area contributed by atoms with Crippen molar-refractivity contribution in [3.05, 3.63) is 36.4 Å². The van der Waals surface area contributed by atoms with Crippen molar-refractivity contribution in [2.75, 3.05) is 27.3 Å². The Labute approximate surface area is 132 Å². The monoisotopic (exact) mass is 314 g/mol. The van der Waals surface area contributed by atoms with Crippen molar-refractivity contribution in [1.82, 2.24) is 4.90 Å². The number of nitrogens with two attached hydrogens (primary N) is 1. The maximum Gasteiger partial charge on any atom is 0.254 e. The molecule has 0 aromatic heterocycles. The van der Waals surface area contributed by atoms with Crippen LogP contribution in [0.15, 0.2) is 30.9 Å². The molecule has 1 unspecified atom stereocenters. The van der Waals surface area contributed by atoms with Gasteiger partial charge in [0.05, 0.1) is 7.11 Å². The molecule has 0 saturated carbocycles. The highest BCUT2D eigenvalue weighted by molar-refractivity contribution is 5.95. The zero-order chi connectivity index (χ0) is 15.1. The molecule has 0 aliphatic carbocycles. The molecule has 0 aliphatic rings. The number of hydrogen-bond acceptors (Lipinski definition) is 4. The predicted octanol–water partition coefficient (Wildman–Crippen LogP) is 2.10. The van der Waals surface area contributed by atoms with Gasteiger partial charge in [-0.15, -0.1) is 12.4 Å². The van der Waals surface area contributed by atoms with Gasteiger partial charge in [0.2, 0.25) is 0 Å². The molecule has 5 nitrogen and oxygen atoms in total. The molecule has 1 aromatic carbocycles. The Kier molecular flexibility index (Phi) is 8.50. The van der Waals surface area contributed by atoms with E-state index in [-0.39, 0.29) is 24.4 Å². The van der Waals surface area contributed by atoms with Gasteiger partial charge in [-0.3, -0.25) is 4.79 Å². The summed E-state index contributed by atoms with van der Waals surface area (Å²) in [6, 6.07) is 5.07. The molecular formula is C15H23ClN2O3. The lowest BCUT2D eigenvalue weighted by Gasteiger charge is -2.24. The molecule has 0 radical (unpaired) electrons. The van der Waals surface area contributed by atoms with Crippen molar-refractivity contribution in [3.63, 3.8) is 0 Å². The van der Waals surface area contributed by atoms with E-state index in [0.29, 0.717) is 30.2 Å². The lowest BCUT2D eigenvalue weighted by Crippen LogP contribution is -2.39. The molecule has 1 aromatic rings. The number of likely N-dealkylation sites (N-methyl/N-ethyl adjacent to an activating group) is 1. The van der Waals surface area contributed by atoms with Crippen LogP contribution in [0.5, 0.6) is 11.5 Å². The number of halogens is 1. The van der Waals surface area contributed by atoms with Crippen LogP contribution < -0.4 is 15.2 Å². The number of amides is 1. The first-order chi connectivity index (χ1) is 9.54. The zero-order valence-corrected chi connectivity index (χ0v) is 13.5. The van der Waals surface area contributed by atoms with Crippen LogP contribution in [0.1, 0.15) is 17.3 Å². The van der Waals surface area contributed by atoms with E-state index in [0.717, 1.165) is 0 Å². The summed E-state index contributed by atoms with van der Waals surface area (Å²) in [5, 5.41) is 0. The number of rotatable bonds is 7. The molecule has 0 saturated heterocycles. The Morgan fingerprint density at radius 1 is 1.48 bits per heavy atom. The minimum Gasteiger partial charge on any atom is -0.493 e. The third-order valence-corrected chi connectivity index (χ3v) is 3.09. The summed E-state index contributed by atoms with van der Waals surface area (Å²) < 4.78 is 10.7. The average Bonchev–Trinajstić information content (AvgIpc) is 2.50. The van der Waals surface area contributed by atoms with Crippen LogP contribution in [0.4, 0.5) is 0 Å². The lowest BCUT2D eigenvalue weighted by molar-refractivity contribution is 0.0748. The number of hydrogen-bond donors (Lipinski definition) is 1. The van der Waals surface area contributed by atoms with E-state index >= 15 is 0 Å². The standard InChI is InChI=1S/C15H22N2O3.ClH/c1-5-8-20-13-7-6-12(9-14(13)19-4)15(18)17(3)11(2)10-16;/h5-7,9,11H,1,8,10,16H2,2-4H3;1H. The van der Waals surface area contributed by atoms with E-state index in [1.807, 2.05) is 6.92 Å². The highest BCUT2D eigenvalue weighted by atomic mass is 35.5. The molecule has 2 N–H and O–H groups in total. The first-order valence-corrected chi connectivity index (χ1v) is 6.44. The Morgan fingerprint density at radius 3 is 2.67 bits per heavy atom. The summed E-state index contributed by atoms with van der Waals surface area (Å²) in [6.07, 6.45) is 1.65. The Morgan fingerprint density at radius 2 is 2.14 bits per heavy atom. The van der Waals surface area contributed by atoms with E-state index in [1.54, 1.807) is 36.2 Å². The Bertz CT molecular complexity index is 480. The number of nitrogens with zero attached hydrogens (tertiary/aromatic N) is 1. The second-order valence-electron chi connectivity index (χ2n) is 4.47. The van der Waals surface area contributed by atoms with Crippen molar-refractivity contribution in [3.8, 4) is 11.5 Å². The number of carbonyl (C=O) groups is 1. The van der Waals surface area contributed by atoms with Crippen molar-refractivity contribution in [2.24, 2.45) is 5.73 Å². The summed E-state index contributed by atoms with van der Waals surface area (Å²) in [5.74, 6) is 1.00. The lowest BCUT2D eigenvalue weighted by atomic mass is 10.1. The van der Waals surface area contributed by atoms with Crippen LogP contribution in [-0.4, -0.2) is 44.2 Å². The minimum atomic E-state index is -0.100. The van der Waals surface area contributed by atoms with Crippen LogP contribution >= 0.6 is 12.4 Å². The van der Waals surface area contributed by atoms with Crippen LogP contribution in [0.3, 0.4) is 0 Å². The van der Waals surface area contributed by atoms with E-state index in [1.165, 1.54) is 7.11 Å². The molecular weight excluding hydrogens is 292 g/mol. The fraction of sp³-hybridized carbons (Fsp3) is 0.400. The summed E-state index contributed by atoms with van der Waals surface area (Å²) in [7, 11) is 3.27. The second kappa shape index (κ2) is 9.26. The van der Waals surface area contributed by atoms with Crippen molar-refractivity contribution >= 4 is 18.3 Å². The van der Waals surface area contributed by atoms with Gasteiger partial charge in [-0.1, -0.05) is 12.7 Å². The van der Waals surface area contributed by atoms with Gasteiger partial charge in [-0.25, -0.2) is 0 Å². The molecule has 0 bridgehead atoms. The molecule has 21 heavy (non-hydrogen) atoms. The van der Waals surface area contributed by atoms with Crippen LogP contribution in [0.2, 0.25) is 0 Å². The van der Waals surface area contributed by atoms with E-state index in [2.05, 4.69) is 6.58 Å². The third-order valence-electron chi connectivity index (χ3n) is 3.09. The highest BCUT2D eigenvalue weighted by Gasteiger charge is 2.18. The van der Waals surface area contributed by atoms with Gasteiger partial charge in [0.15, 0.2) is 11.5 Å². The highest BCUT2D eigenvalue weighted by Crippen LogP contribution is 2.28. The van der Waals surface area contributed by atoms with E-state index < -0.39 is 0 Å². The molecule has 1 atom stereocenters. The van der Waals surface area contributed by atoms with Gasteiger partial charge in [0.1, 0.15) is 6.61 Å². The zero-order valence-electron chi connectivity index (χ0n) is 12.7. The normalized spacial score (nSPS) is 11.0. The molecule has 1 amide bonds. The van der Waals surface area contributed by atoms with Crippen LogP contribution in [0, 0.1) is 0 Å². The van der Waals surface area contributed by atoms with Gasteiger partial charge in [0, 0.05) is 25.2 Å². The summed E-state index contributed by atoms with van der Waals surface area (Å²) >= 11 is 0. The molecule has 0 spiro atoms. The molecule has 1 rings (SSSR count). The van der Waals surface area contributed by atoms with Crippen LogP contribution in [0.25, 0.3) is 0 Å². The van der Waals surface area contributed by atoms with E-state index in [4.69, 9.17) is 15.2 Å². The first kappa shape index (κ1) is 19.3. The van der Waals surface area contributed by atoms with Gasteiger partial charge in [-0.05, 0) is 25.1 Å². The van der Waals surface area contributed by atoms with Crippen molar-refractivity contribution in [2.45, 2.75) is 13.0 Å². The quantitative estimate of drug-likeness (QED) is 0.783. The van der Waals surface area contributed by atoms with E-state index in [9.17, 15) is 4.79 Å². The largest absolute Gasteiger partial charge is 0.493 e. The van der Waals surface area contributed by atoms with Gasteiger partial charge >= 0.3 is 0 Å². The summed E-state index contributed by atoms with van der Waals surface area (Å²) in [5.41, 5.74) is 6.11. The number of methoxy groups -OCH3 is 1. The predicted molar refractivity (Wildman–Crippen MR) is 86.5 cm³/mol. The number of benzene rings is 1. The third kappa shape index (κ3) is 4.95. The number of carbonyl (C=O) groups excluding carboxylic acids is 1.